The molecule has 0 fully saturated rings. The molecule has 1 aromatic rings. The van der Waals surface area contributed by atoms with E-state index in [0.717, 1.165) is 5.69 Å². The maximum Gasteiger partial charge on any atom is 0.237 e. The van der Waals surface area contributed by atoms with Gasteiger partial charge in [-0.2, -0.15) is 11.8 Å². The predicted molar refractivity (Wildman–Crippen MR) is 67.4 cm³/mol. The summed E-state index contributed by atoms with van der Waals surface area (Å²) in [6, 6.07) is 9.66. The third-order valence-electron chi connectivity index (χ3n) is 1.95. The summed E-state index contributed by atoms with van der Waals surface area (Å²) in [6.45, 7) is 4.23. The van der Waals surface area contributed by atoms with E-state index in [0.29, 0.717) is 12.3 Å². The zero-order valence-corrected chi connectivity index (χ0v) is 9.67. The minimum atomic E-state index is 0.119. The van der Waals surface area contributed by atoms with Crippen LogP contribution in [0.1, 0.15) is 0 Å². The number of carbonyl (C=O) groups is 1. The number of benzene rings is 1. The van der Waals surface area contributed by atoms with Crippen molar-refractivity contribution in [2.24, 2.45) is 0 Å². The fourth-order valence-electron chi connectivity index (χ4n) is 1.29. The van der Waals surface area contributed by atoms with Gasteiger partial charge in [0, 0.05) is 12.2 Å². The lowest BCUT2D eigenvalue weighted by Gasteiger charge is -2.20. The van der Waals surface area contributed by atoms with Gasteiger partial charge < -0.3 is 4.90 Å². The maximum absolute atomic E-state index is 11.8. The van der Waals surface area contributed by atoms with E-state index < -0.39 is 0 Å². The second-order valence-corrected chi connectivity index (χ2v) is 3.93. The number of nitrogens with zero attached hydrogens (tertiary/aromatic N) is 1. The summed E-state index contributed by atoms with van der Waals surface area (Å²) in [5.74, 6) is 0.622. The molecule has 3 heteroatoms. The van der Waals surface area contributed by atoms with Crippen LogP contribution in [-0.2, 0) is 4.79 Å². The van der Waals surface area contributed by atoms with Gasteiger partial charge in [-0.05, 0) is 18.4 Å². The van der Waals surface area contributed by atoms with Gasteiger partial charge >= 0.3 is 0 Å². The van der Waals surface area contributed by atoms with Crippen LogP contribution in [0.3, 0.4) is 0 Å². The van der Waals surface area contributed by atoms with Gasteiger partial charge in [-0.1, -0.05) is 24.3 Å². The molecule has 0 spiro atoms. The van der Waals surface area contributed by atoms with E-state index in [2.05, 4.69) is 6.58 Å². The Morgan fingerprint density at radius 1 is 1.47 bits per heavy atom. The van der Waals surface area contributed by atoms with E-state index in [4.69, 9.17) is 0 Å². The first-order valence-corrected chi connectivity index (χ1v) is 6.14. The smallest absolute Gasteiger partial charge is 0.237 e. The fourth-order valence-corrected chi connectivity index (χ4v) is 1.69. The highest BCUT2D eigenvalue weighted by molar-refractivity contribution is 7.99. The molecule has 0 aromatic heterocycles. The lowest BCUT2D eigenvalue weighted by Crippen LogP contribution is -2.32. The van der Waals surface area contributed by atoms with Crippen molar-refractivity contribution in [3.05, 3.63) is 43.0 Å². The molecular formula is C12H15NOS. The molecule has 2 nitrogen and oxygen atoms in total. The number of hydrogen-bond donors (Lipinski definition) is 0. The Kier molecular flexibility index (Phi) is 4.98. The number of amides is 1. The molecule has 0 aliphatic carbocycles. The number of hydrogen-bond acceptors (Lipinski definition) is 2. The van der Waals surface area contributed by atoms with Crippen LogP contribution in [0.4, 0.5) is 5.69 Å². The first kappa shape index (κ1) is 11.9. The Balaban J connectivity index is 2.82. The molecular weight excluding hydrogens is 206 g/mol. The minimum absolute atomic E-state index is 0.119. The molecule has 0 radical (unpaired) electrons. The molecule has 0 saturated carbocycles. The summed E-state index contributed by atoms with van der Waals surface area (Å²) in [6.07, 6.45) is 3.67. The highest BCUT2D eigenvalue weighted by atomic mass is 32.2. The number of thioether (sulfide) groups is 1. The van der Waals surface area contributed by atoms with Gasteiger partial charge in [-0.3, -0.25) is 4.79 Å². The van der Waals surface area contributed by atoms with Crippen molar-refractivity contribution in [1.82, 2.24) is 0 Å². The van der Waals surface area contributed by atoms with E-state index in [1.165, 1.54) is 11.8 Å². The van der Waals surface area contributed by atoms with Gasteiger partial charge in [-0.25, -0.2) is 0 Å². The Hall–Kier alpha value is -1.22. The molecule has 0 bridgehead atoms. The maximum atomic E-state index is 11.8. The van der Waals surface area contributed by atoms with Crippen molar-refractivity contribution in [2.75, 3.05) is 23.5 Å². The first-order valence-electron chi connectivity index (χ1n) is 4.75. The summed E-state index contributed by atoms with van der Waals surface area (Å²) in [7, 11) is 0. The molecule has 0 saturated heterocycles. The van der Waals surface area contributed by atoms with E-state index in [1.807, 2.05) is 36.6 Å². The molecule has 0 heterocycles. The molecule has 80 valence electrons. The van der Waals surface area contributed by atoms with Crippen molar-refractivity contribution in [3.8, 4) is 0 Å². The number of anilines is 1. The number of para-hydroxylation sites is 1. The van der Waals surface area contributed by atoms with Crippen LogP contribution in [0, 0.1) is 0 Å². The summed E-state index contributed by atoms with van der Waals surface area (Å²) >= 11 is 1.53. The average molecular weight is 221 g/mol. The zero-order chi connectivity index (χ0) is 11.1. The van der Waals surface area contributed by atoms with Crippen LogP contribution in [0.5, 0.6) is 0 Å². The third kappa shape index (κ3) is 3.44. The standard InChI is InChI=1S/C12H15NOS/c1-3-9-13(12(14)10-15-2)11-7-5-4-6-8-11/h3-8H,1,9-10H2,2H3. The second kappa shape index (κ2) is 6.30. The Bertz CT molecular complexity index is 324. The van der Waals surface area contributed by atoms with Gasteiger partial charge in [0.1, 0.15) is 0 Å². The summed E-state index contributed by atoms with van der Waals surface area (Å²) in [5, 5.41) is 0. The zero-order valence-electron chi connectivity index (χ0n) is 8.85. The summed E-state index contributed by atoms with van der Waals surface area (Å²) in [4.78, 5) is 13.5. The van der Waals surface area contributed by atoms with Gasteiger partial charge in [0.25, 0.3) is 0 Å². The first-order chi connectivity index (χ1) is 7.29. The van der Waals surface area contributed by atoms with Crippen LogP contribution in [0.15, 0.2) is 43.0 Å². The van der Waals surface area contributed by atoms with Crippen LogP contribution in [0.25, 0.3) is 0 Å². The SMILES string of the molecule is C=CCN(C(=O)CSC)c1ccccc1. The second-order valence-electron chi connectivity index (χ2n) is 3.06. The van der Waals surface area contributed by atoms with Crippen molar-refractivity contribution in [3.63, 3.8) is 0 Å². The van der Waals surface area contributed by atoms with Crippen LogP contribution >= 0.6 is 11.8 Å². The number of carbonyl (C=O) groups excluding carboxylic acids is 1. The summed E-state index contributed by atoms with van der Waals surface area (Å²) in [5.41, 5.74) is 0.927. The lowest BCUT2D eigenvalue weighted by atomic mass is 10.3. The van der Waals surface area contributed by atoms with E-state index in [1.54, 1.807) is 11.0 Å². The van der Waals surface area contributed by atoms with E-state index in [-0.39, 0.29) is 5.91 Å². The molecule has 1 amide bonds. The van der Waals surface area contributed by atoms with Crippen LogP contribution < -0.4 is 4.90 Å². The molecule has 0 aliphatic heterocycles. The van der Waals surface area contributed by atoms with Crippen molar-refractivity contribution in [2.45, 2.75) is 0 Å². The minimum Gasteiger partial charge on any atom is -0.308 e. The number of rotatable bonds is 5. The molecule has 1 aromatic carbocycles. The van der Waals surface area contributed by atoms with Gasteiger partial charge in [0.2, 0.25) is 5.91 Å². The van der Waals surface area contributed by atoms with Crippen molar-refractivity contribution in [1.29, 1.82) is 0 Å². The lowest BCUT2D eigenvalue weighted by molar-refractivity contribution is -0.116. The molecule has 15 heavy (non-hydrogen) atoms. The fraction of sp³-hybridized carbons (Fsp3) is 0.250. The highest BCUT2D eigenvalue weighted by Crippen LogP contribution is 2.14. The predicted octanol–water partition coefficient (Wildman–Crippen LogP) is 2.57. The molecule has 1 rings (SSSR count). The third-order valence-corrected chi connectivity index (χ3v) is 2.48. The largest absolute Gasteiger partial charge is 0.308 e. The molecule has 0 aliphatic rings. The Morgan fingerprint density at radius 2 is 2.13 bits per heavy atom. The topological polar surface area (TPSA) is 20.3 Å². The molecule has 0 N–H and O–H groups in total. The summed E-state index contributed by atoms with van der Waals surface area (Å²) < 4.78 is 0. The Labute approximate surface area is 95.0 Å². The van der Waals surface area contributed by atoms with Crippen molar-refractivity contribution >= 4 is 23.4 Å². The average Bonchev–Trinajstić information content (AvgIpc) is 2.27. The molecule has 0 atom stereocenters. The monoisotopic (exact) mass is 221 g/mol. The van der Waals surface area contributed by atoms with Crippen LogP contribution in [0.2, 0.25) is 0 Å². The highest BCUT2D eigenvalue weighted by Gasteiger charge is 2.12. The van der Waals surface area contributed by atoms with E-state index >= 15 is 0 Å². The van der Waals surface area contributed by atoms with E-state index in [9.17, 15) is 4.79 Å². The van der Waals surface area contributed by atoms with Gasteiger partial charge in [0.15, 0.2) is 0 Å². The van der Waals surface area contributed by atoms with Crippen molar-refractivity contribution < 1.29 is 4.79 Å². The normalized spacial score (nSPS) is 9.67. The Morgan fingerprint density at radius 3 is 2.67 bits per heavy atom. The quantitative estimate of drug-likeness (QED) is 0.712. The van der Waals surface area contributed by atoms with Gasteiger partial charge in [-0.15, -0.1) is 6.58 Å². The van der Waals surface area contributed by atoms with Gasteiger partial charge in [0.05, 0.1) is 5.75 Å². The molecule has 0 unspecified atom stereocenters. The van der Waals surface area contributed by atoms with Crippen LogP contribution in [-0.4, -0.2) is 24.5 Å².